The molecule has 0 amide bonds. The molecule has 0 fully saturated rings. The lowest BCUT2D eigenvalue weighted by Gasteiger charge is -2.21. The topological polar surface area (TPSA) is 86.7 Å². The Morgan fingerprint density at radius 3 is 2.70 bits per heavy atom. The first-order valence-electron chi connectivity index (χ1n) is 5.93. The number of carboxylic acids is 1. The number of hydrogen-bond acceptors (Lipinski definition) is 3. The lowest BCUT2D eigenvalue weighted by molar-refractivity contribution is -0.137. The molecule has 1 unspecified atom stereocenters. The molecule has 1 rings (SSSR count). The number of hydrogen-bond donors (Lipinski definition) is 2. The van der Waals surface area contributed by atoms with Gasteiger partial charge in [0.05, 0.1) is 6.42 Å². The zero-order valence-corrected chi connectivity index (χ0v) is 12.8. The van der Waals surface area contributed by atoms with Gasteiger partial charge in [-0.1, -0.05) is 23.7 Å². The molecule has 1 aromatic rings. The van der Waals surface area contributed by atoms with Gasteiger partial charge < -0.3 is 5.11 Å². The summed E-state index contributed by atoms with van der Waals surface area (Å²) < 4.78 is 27.4. The Bertz CT molecular complexity index is 577. The molecule has 6 nitrogen and oxygen atoms in total. The molecule has 20 heavy (non-hydrogen) atoms. The van der Waals surface area contributed by atoms with E-state index in [0.717, 1.165) is 9.87 Å². The number of aliphatic carboxylic acids is 1. The molecule has 0 spiro atoms. The molecular formula is C12H17ClN2O4S. The SMILES string of the molecule is CC(NS(=O)(=O)N(C)CCC(=O)O)c1cccc(Cl)c1. The molecule has 0 aliphatic carbocycles. The molecule has 8 heteroatoms. The Morgan fingerprint density at radius 2 is 2.15 bits per heavy atom. The molecule has 1 atom stereocenters. The Morgan fingerprint density at radius 1 is 1.50 bits per heavy atom. The molecule has 0 aliphatic rings. The standard InChI is InChI=1S/C12H17ClN2O4S/c1-9(10-4-3-5-11(13)8-10)14-20(18,19)15(2)7-6-12(16)17/h3-5,8-9,14H,6-7H2,1-2H3,(H,16,17). The van der Waals surface area contributed by atoms with Gasteiger partial charge in [0.2, 0.25) is 0 Å². The Balaban J connectivity index is 2.72. The predicted octanol–water partition coefficient (Wildman–Crippen LogP) is 1.64. The van der Waals surface area contributed by atoms with Crippen molar-refractivity contribution in [1.82, 2.24) is 9.03 Å². The number of nitrogens with zero attached hydrogens (tertiary/aromatic N) is 1. The van der Waals surface area contributed by atoms with Crippen LogP contribution in [0.4, 0.5) is 0 Å². The summed E-state index contributed by atoms with van der Waals surface area (Å²) in [4.78, 5) is 10.5. The van der Waals surface area contributed by atoms with Gasteiger partial charge in [0.25, 0.3) is 10.2 Å². The summed E-state index contributed by atoms with van der Waals surface area (Å²) in [6.45, 7) is 1.60. The Labute approximate surface area is 123 Å². The first kappa shape index (κ1) is 16.9. The summed E-state index contributed by atoms with van der Waals surface area (Å²) in [6, 6.07) is 6.40. The van der Waals surface area contributed by atoms with Gasteiger partial charge in [-0.3, -0.25) is 4.79 Å². The maximum absolute atomic E-state index is 12.0. The van der Waals surface area contributed by atoms with Gasteiger partial charge in [-0.15, -0.1) is 0 Å². The zero-order chi connectivity index (χ0) is 15.3. The van der Waals surface area contributed by atoms with Crippen molar-refractivity contribution in [3.63, 3.8) is 0 Å². The monoisotopic (exact) mass is 320 g/mol. The quantitative estimate of drug-likeness (QED) is 0.799. The van der Waals surface area contributed by atoms with E-state index in [1.54, 1.807) is 31.2 Å². The van der Waals surface area contributed by atoms with E-state index in [9.17, 15) is 13.2 Å². The van der Waals surface area contributed by atoms with E-state index in [2.05, 4.69) is 4.72 Å². The van der Waals surface area contributed by atoms with E-state index in [1.807, 2.05) is 0 Å². The number of halogens is 1. The summed E-state index contributed by atoms with van der Waals surface area (Å²) in [6.07, 6.45) is -0.247. The van der Waals surface area contributed by atoms with Crippen molar-refractivity contribution in [1.29, 1.82) is 0 Å². The molecule has 0 aromatic heterocycles. The third-order valence-electron chi connectivity index (χ3n) is 2.73. The molecule has 0 heterocycles. The second-order valence-corrected chi connectivity index (χ2v) is 6.61. The van der Waals surface area contributed by atoms with Crippen LogP contribution in [0.25, 0.3) is 0 Å². The minimum absolute atomic E-state index is 0.0903. The molecule has 0 saturated carbocycles. The van der Waals surface area contributed by atoms with E-state index >= 15 is 0 Å². The third kappa shape index (κ3) is 5.09. The van der Waals surface area contributed by atoms with E-state index in [0.29, 0.717) is 5.02 Å². The number of carbonyl (C=O) groups is 1. The van der Waals surface area contributed by atoms with Crippen LogP contribution in [-0.4, -0.2) is 37.4 Å². The van der Waals surface area contributed by atoms with Crippen molar-refractivity contribution in [2.75, 3.05) is 13.6 Å². The molecular weight excluding hydrogens is 304 g/mol. The van der Waals surface area contributed by atoms with Crippen LogP contribution in [-0.2, 0) is 15.0 Å². The molecule has 0 aliphatic heterocycles. The zero-order valence-electron chi connectivity index (χ0n) is 11.2. The summed E-state index contributed by atoms with van der Waals surface area (Å²) in [5, 5.41) is 9.08. The predicted molar refractivity (Wildman–Crippen MR) is 76.8 cm³/mol. The van der Waals surface area contributed by atoms with Crippen LogP contribution in [0.5, 0.6) is 0 Å². The van der Waals surface area contributed by atoms with Crippen molar-refractivity contribution >= 4 is 27.8 Å². The molecule has 112 valence electrons. The number of nitrogens with one attached hydrogen (secondary N) is 1. The maximum Gasteiger partial charge on any atom is 0.304 e. The van der Waals surface area contributed by atoms with Crippen molar-refractivity contribution < 1.29 is 18.3 Å². The first-order chi connectivity index (χ1) is 9.22. The fourth-order valence-electron chi connectivity index (χ4n) is 1.53. The third-order valence-corrected chi connectivity index (χ3v) is 4.61. The molecule has 0 saturated heterocycles. The number of rotatable bonds is 7. The van der Waals surface area contributed by atoms with Crippen molar-refractivity contribution in [2.24, 2.45) is 0 Å². The van der Waals surface area contributed by atoms with Gasteiger partial charge in [-0.2, -0.15) is 17.4 Å². The summed E-state index contributed by atoms with van der Waals surface area (Å²) in [7, 11) is -2.41. The average Bonchev–Trinajstić information content (AvgIpc) is 2.35. The van der Waals surface area contributed by atoms with Crippen LogP contribution >= 0.6 is 11.6 Å². The van der Waals surface area contributed by atoms with Crippen molar-refractivity contribution in [3.05, 3.63) is 34.9 Å². The van der Waals surface area contributed by atoms with E-state index in [-0.39, 0.29) is 13.0 Å². The minimum Gasteiger partial charge on any atom is -0.481 e. The largest absolute Gasteiger partial charge is 0.481 e. The lowest BCUT2D eigenvalue weighted by Crippen LogP contribution is -2.40. The maximum atomic E-state index is 12.0. The second-order valence-electron chi connectivity index (χ2n) is 4.36. The van der Waals surface area contributed by atoms with E-state index < -0.39 is 22.2 Å². The van der Waals surface area contributed by atoms with E-state index in [1.165, 1.54) is 7.05 Å². The highest BCUT2D eigenvalue weighted by molar-refractivity contribution is 7.87. The second kappa shape index (κ2) is 7.03. The highest BCUT2D eigenvalue weighted by atomic mass is 35.5. The van der Waals surface area contributed by atoms with E-state index in [4.69, 9.17) is 16.7 Å². The van der Waals surface area contributed by atoms with Crippen LogP contribution in [0.3, 0.4) is 0 Å². The fourth-order valence-corrected chi connectivity index (χ4v) is 2.82. The van der Waals surface area contributed by atoms with Gasteiger partial charge in [0.1, 0.15) is 0 Å². The molecule has 0 radical (unpaired) electrons. The Kier molecular flexibility index (Phi) is 5.94. The summed E-state index contributed by atoms with van der Waals surface area (Å²) in [5.41, 5.74) is 0.729. The number of carboxylic acid groups (broad SMARTS) is 1. The van der Waals surface area contributed by atoms with Crippen molar-refractivity contribution in [3.8, 4) is 0 Å². The van der Waals surface area contributed by atoms with Crippen LogP contribution in [0.2, 0.25) is 5.02 Å². The normalized spacial score (nSPS) is 13.4. The molecule has 1 aromatic carbocycles. The van der Waals surface area contributed by atoms with Gasteiger partial charge in [-0.05, 0) is 24.6 Å². The van der Waals surface area contributed by atoms with Crippen molar-refractivity contribution in [2.45, 2.75) is 19.4 Å². The lowest BCUT2D eigenvalue weighted by atomic mass is 10.1. The summed E-state index contributed by atoms with van der Waals surface area (Å²) in [5.74, 6) is -1.05. The number of benzene rings is 1. The minimum atomic E-state index is -3.74. The van der Waals surface area contributed by atoms with Crippen LogP contribution in [0.15, 0.2) is 24.3 Å². The molecule has 2 N–H and O–H groups in total. The average molecular weight is 321 g/mol. The van der Waals surface area contributed by atoms with Gasteiger partial charge in [-0.25, -0.2) is 0 Å². The first-order valence-corrected chi connectivity index (χ1v) is 7.75. The van der Waals surface area contributed by atoms with Gasteiger partial charge in [0.15, 0.2) is 0 Å². The fraction of sp³-hybridized carbons (Fsp3) is 0.417. The van der Waals surface area contributed by atoms with Crippen LogP contribution in [0.1, 0.15) is 24.9 Å². The summed E-state index contributed by atoms with van der Waals surface area (Å²) >= 11 is 5.85. The van der Waals surface area contributed by atoms with Crippen LogP contribution < -0.4 is 4.72 Å². The molecule has 0 bridgehead atoms. The van der Waals surface area contributed by atoms with Gasteiger partial charge >= 0.3 is 5.97 Å². The van der Waals surface area contributed by atoms with Gasteiger partial charge in [0, 0.05) is 24.7 Å². The van der Waals surface area contributed by atoms with Crippen LogP contribution in [0, 0.1) is 0 Å². The Hall–Kier alpha value is -1.15. The highest BCUT2D eigenvalue weighted by Crippen LogP contribution is 2.18. The highest BCUT2D eigenvalue weighted by Gasteiger charge is 2.21. The smallest absolute Gasteiger partial charge is 0.304 e.